The van der Waals surface area contributed by atoms with Gasteiger partial charge in [0, 0.05) is 17.5 Å². The summed E-state index contributed by atoms with van der Waals surface area (Å²) in [5, 5.41) is 18.3. The third kappa shape index (κ3) is 7.00. The van der Waals surface area contributed by atoms with Gasteiger partial charge in [0.2, 0.25) is 5.96 Å². The first-order chi connectivity index (χ1) is 15.7. The van der Waals surface area contributed by atoms with E-state index < -0.39 is 16.0 Å². The van der Waals surface area contributed by atoms with Gasteiger partial charge in [-0.15, -0.1) is 18.3 Å². The molecule has 0 aliphatic carbocycles. The van der Waals surface area contributed by atoms with Crippen molar-refractivity contribution in [3.63, 3.8) is 0 Å². The van der Waals surface area contributed by atoms with E-state index in [0.717, 1.165) is 17.6 Å². The van der Waals surface area contributed by atoms with Gasteiger partial charge in [0.25, 0.3) is 10.0 Å². The number of rotatable bonds is 6. The number of benzene rings is 2. The number of amidine groups is 1. The molecule has 10 nitrogen and oxygen atoms in total. The van der Waals surface area contributed by atoms with Gasteiger partial charge in [0.15, 0.2) is 5.84 Å². The van der Waals surface area contributed by atoms with Crippen LogP contribution in [0.15, 0.2) is 88.4 Å². The van der Waals surface area contributed by atoms with Gasteiger partial charge in [-0.2, -0.15) is 13.5 Å². The van der Waals surface area contributed by atoms with Crippen molar-refractivity contribution in [2.24, 2.45) is 30.6 Å². The van der Waals surface area contributed by atoms with Crippen LogP contribution in [-0.2, 0) is 37.8 Å². The summed E-state index contributed by atoms with van der Waals surface area (Å²) in [6.45, 7) is 1.77. The molecule has 1 heterocycles. The van der Waals surface area contributed by atoms with Crippen molar-refractivity contribution in [1.29, 1.82) is 5.41 Å². The van der Waals surface area contributed by atoms with E-state index >= 15 is 0 Å². The summed E-state index contributed by atoms with van der Waals surface area (Å²) in [5.74, 6) is -0.390. The number of hydrogen-bond acceptors (Lipinski definition) is 8. The van der Waals surface area contributed by atoms with E-state index in [-0.39, 0.29) is 10.7 Å². The Morgan fingerprint density at radius 3 is 2.33 bits per heavy atom. The predicted molar refractivity (Wildman–Crippen MR) is 132 cm³/mol. The van der Waals surface area contributed by atoms with Gasteiger partial charge in [-0.05, 0) is 43.3 Å². The zero-order chi connectivity index (χ0) is 24.6. The second-order valence-corrected chi connectivity index (χ2v) is 9.13. The fraction of sp³-hybridized carbons (Fsp3) is 0.0556. The van der Waals surface area contributed by atoms with Gasteiger partial charge in [0.1, 0.15) is 0 Å². The summed E-state index contributed by atoms with van der Waals surface area (Å²) < 4.78 is 31.4. The third-order valence-corrected chi connectivity index (χ3v) is 6.19. The van der Waals surface area contributed by atoms with Crippen LogP contribution in [-0.4, -0.2) is 25.9 Å². The fourth-order valence-electron chi connectivity index (χ4n) is 2.55. The molecule has 0 spiro atoms. The number of anilines is 1. The topological polar surface area (TPSA) is 163 Å². The van der Waals surface area contributed by atoms with E-state index in [1.807, 2.05) is 30.3 Å². The van der Waals surface area contributed by atoms with Crippen LogP contribution < -0.4 is 16.5 Å². The van der Waals surface area contributed by atoms with Gasteiger partial charge in [-0.3, -0.25) is 5.41 Å². The standard InChI is InChI=1S/C18H18N8O2S3.ClH.Cu/c1-11-15(16(19)26(23-11)13-5-3-2-4-6-13)17(29)30-25-22-12-7-9-14(10-8-12)31(27,28)24-18(20)21;;/h2-10,19,29H,1H3,(H4,20,21,24);1H;/q;;+2/p-2/b17-15-,19-16?,25-22?;;. The molecule has 2 aromatic rings. The number of sulfonamides is 1. The van der Waals surface area contributed by atoms with E-state index in [2.05, 4.69) is 44.3 Å². The number of halogens is 1. The van der Waals surface area contributed by atoms with Crippen LogP contribution in [0, 0.1) is 5.41 Å². The van der Waals surface area contributed by atoms with E-state index in [1.165, 1.54) is 29.3 Å². The molecule has 0 atom stereocenters. The van der Waals surface area contributed by atoms with Gasteiger partial charge >= 0.3 is 25.2 Å². The van der Waals surface area contributed by atoms with Crippen LogP contribution in [0.3, 0.4) is 0 Å². The maximum absolute atomic E-state index is 11.9. The summed E-state index contributed by atoms with van der Waals surface area (Å²) in [4.78, 5) is -0.0779. The van der Waals surface area contributed by atoms with Gasteiger partial charge in [-0.1, -0.05) is 18.2 Å². The quantitative estimate of drug-likeness (QED) is 0.119. The average molecular weight is 573 g/mol. The first-order valence-electron chi connectivity index (χ1n) is 8.75. The molecule has 0 amide bonds. The molecule has 3 rings (SSSR count). The Bertz CT molecular complexity index is 1230. The minimum absolute atomic E-state index is 0.0779. The molecule has 1 aliphatic rings. The molecule has 0 aromatic heterocycles. The van der Waals surface area contributed by atoms with E-state index in [0.29, 0.717) is 21.2 Å². The first kappa shape index (κ1) is 26.8. The minimum atomic E-state index is -3.97. The Balaban J connectivity index is 0.00000187. The van der Waals surface area contributed by atoms with Crippen molar-refractivity contribution < 1.29 is 23.5 Å². The molecular weight excluding hydrogens is 555 g/mol. The maximum atomic E-state index is 11.9. The van der Waals surface area contributed by atoms with Gasteiger partial charge < -0.3 is 24.1 Å². The van der Waals surface area contributed by atoms with Crippen molar-refractivity contribution >= 4 is 73.6 Å². The number of hydrazone groups is 1. The number of nitrogens with two attached hydrogens (primary N) is 2. The Labute approximate surface area is 213 Å². The molecule has 33 heavy (non-hydrogen) atoms. The van der Waals surface area contributed by atoms with Crippen LogP contribution in [0.25, 0.3) is 0 Å². The molecule has 5 N–H and O–H groups in total. The normalized spacial score (nSPS) is 15.1. The van der Waals surface area contributed by atoms with Crippen molar-refractivity contribution in [3.8, 4) is 0 Å². The number of nitrogens with one attached hydrogen (secondary N) is 1. The number of para-hydroxylation sites is 1. The first-order valence-corrected chi connectivity index (χ1v) is 12.7. The fourth-order valence-corrected chi connectivity index (χ4v) is 4.31. The Kier molecular flexibility index (Phi) is 9.83. The Hall–Kier alpha value is -2.48. The summed E-state index contributed by atoms with van der Waals surface area (Å²) in [6.07, 6.45) is 0. The summed E-state index contributed by atoms with van der Waals surface area (Å²) in [5.41, 5.74) is 12.5. The summed E-state index contributed by atoms with van der Waals surface area (Å²) in [7, 11) is 0.235. The second-order valence-electron chi connectivity index (χ2n) is 6.10. The van der Waals surface area contributed by atoms with E-state index in [4.69, 9.17) is 29.5 Å². The molecule has 177 valence electrons. The zero-order valence-corrected chi connectivity index (χ0v) is 21.0. The Morgan fingerprint density at radius 1 is 1.15 bits per heavy atom. The van der Waals surface area contributed by atoms with Crippen molar-refractivity contribution in [2.45, 2.75) is 11.8 Å². The van der Waals surface area contributed by atoms with Crippen LogP contribution >= 0.6 is 22.0 Å². The molecule has 0 saturated carbocycles. The van der Waals surface area contributed by atoms with Crippen molar-refractivity contribution in [2.75, 3.05) is 5.01 Å². The molecular formula is C18H17ClCuN8O2S3. The predicted octanol–water partition coefficient (Wildman–Crippen LogP) is 3.70. The van der Waals surface area contributed by atoms with Crippen LogP contribution in [0.4, 0.5) is 11.4 Å². The molecule has 15 heteroatoms. The van der Waals surface area contributed by atoms with Crippen LogP contribution in [0.1, 0.15) is 6.92 Å². The van der Waals surface area contributed by atoms with Crippen LogP contribution in [0.5, 0.6) is 0 Å². The van der Waals surface area contributed by atoms with Crippen LogP contribution in [0.2, 0.25) is 0 Å². The average Bonchev–Trinajstić information content (AvgIpc) is 3.09. The van der Waals surface area contributed by atoms with E-state index in [9.17, 15) is 8.42 Å². The second kappa shape index (κ2) is 12.1. The molecule has 0 saturated heterocycles. The number of nitrogens with zero attached hydrogens (tertiary/aromatic N) is 5. The number of guanidine groups is 1. The molecule has 1 aliphatic heterocycles. The van der Waals surface area contributed by atoms with Crippen molar-refractivity contribution in [1.82, 2.24) is 0 Å². The summed E-state index contributed by atoms with van der Waals surface area (Å²) in [6, 6.07) is 14.8. The number of hydrogen-bond donors (Lipinski definition) is 3. The Morgan fingerprint density at radius 2 is 1.76 bits per heavy atom. The summed E-state index contributed by atoms with van der Waals surface area (Å²) >= 11 is 9.98. The molecule has 2 aromatic carbocycles. The molecule has 0 bridgehead atoms. The van der Waals surface area contributed by atoms with Gasteiger partial charge in [-0.25, -0.2) is 5.01 Å². The van der Waals surface area contributed by atoms with Crippen molar-refractivity contribution in [3.05, 3.63) is 64.4 Å². The molecule has 0 fully saturated rings. The monoisotopic (exact) mass is 571 g/mol. The molecule has 0 unspecified atom stereocenters. The SMILES string of the molecule is CC1=NN(c2ccccc2)C(=N)/C1=C(/[S-])SN=Nc1ccc(S(=O)(=O)N=C(N)N)cc1.[Cl][Cu+]. The van der Waals surface area contributed by atoms with Gasteiger partial charge in [0.05, 0.1) is 22.0 Å². The zero-order valence-electron chi connectivity index (χ0n) is 16.8. The van der Waals surface area contributed by atoms with E-state index in [1.54, 1.807) is 6.92 Å². The third-order valence-electron chi connectivity index (χ3n) is 3.91. The molecule has 0 radical (unpaired) electrons.